The summed E-state index contributed by atoms with van der Waals surface area (Å²) in [6.45, 7) is 0. The third-order valence-corrected chi connectivity index (χ3v) is 2.51. The van der Waals surface area contributed by atoms with E-state index in [4.69, 9.17) is 5.73 Å². The van der Waals surface area contributed by atoms with Gasteiger partial charge in [0.25, 0.3) is 10.7 Å². The fourth-order valence-corrected chi connectivity index (χ4v) is 1.54. The summed E-state index contributed by atoms with van der Waals surface area (Å²) in [4.78, 5) is 16.9. The van der Waals surface area contributed by atoms with Crippen LogP contribution in [-0.4, -0.2) is 34.3 Å². The van der Waals surface area contributed by atoms with Gasteiger partial charge in [-0.15, -0.1) is 5.10 Å². The molecule has 0 aliphatic carbocycles. The molecular formula is C6H7N5O3S. The van der Waals surface area contributed by atoms with E-state index in [0.717, 1.165) is 16.8 Å². The number of rotatable bonds is 1. The second-order valence-electron chi connectivity index (χ2n) is 2.96. The van der Waals surface area contributed by atoms with E-state index in [-0.39, 0.29) is 16.8 Å². The molecule has 0 bridgehead atoms. The summed E-state index contributed by atoms with van der Waals surface area (Å²) in [6.07, 6.45) is 0.968. The third-order valence-electron chi connectivity index (χ3n) is 1.68. The number of hydrogen-bond acceptors (Lipinski definition) is 6. The molecule has 80 valence electrons. The highest BCUT2D eigenvalue weighted by atomic mass is 32.2. The summed E-state index contributed by atoms with van der Waals surface area (Å²) in [7, 11) is -3.51. The van der Waals surface area contributed by atoms with E-state index < -0.39 is 15.4 Å². The molecule has 0 saturated carbocycles. The van der Waals surface area contributed by atoms with Gasteiger partial charge in [-0.1, -0.05) is 0 Å². The number of H-pyrrole nitrogens is 1. The van der Waals surface area contributed by atoms with Gasteiger partial charge in [0.15, 0.2) is 0 Å². The smallest absolute Gasteiger partial charge is 0.268 e. The maximum absolute atomic E-state index is 11.1. The molecule has 15 heavy (non-hydrogen) atoms. The molecule has 0 unspecified atom stereocenters. The van der Waals surface area contributed by atoms with Gasteiger partial charge >= 0.3 is 0 Å². The topological polar surface area (TPSA) is 123 Å². The van der Waals surface area contributed by atoms with Crippen LogP contribution in [-0.2, 0) is 9.84 Å². The van der Waals surface area contributed by atoms with Gasteiger partial charge in [0.1, 0.15) is 5.82 Å². The molecule has 0 aromatic carbocycles. The van der Waals surface area contributed by atoms with Crippen molar-refractivity contribution >= 4 is 21.4 Å². The van der Waals surface area contributed by atoms with Crippen LogP contribution >= 0.6 is 0 Å². The SMILES string of the molecule is CS(=O)(=O)c1nc2[nH]c(=O)cc(N)n2n1. The van der Waals surface area contributed by atoms with Crippen LogP contribution in [0.5, 0.6) is 0 Å². The Bertz CT molecular complexity index is 682. The Morgan fingerprint density at radius 3 is 2.80 bits per heavy atom. The van der Waals surface area contributed by atoms with Crippen molar-refractivity contribution in [2.24, 2.45) is 0 Å². The van der Waals surface area contributed by atoms with Crippen LogP contribution in [0.1, 0.15) is 0 Å². The fourth-order valence-electron chi connectivity index (χ4n) is 1.05. The number of hydrogen-bond donors (Lipinski definition) is 2. The minimum Gasteiger partial charge on any atom is -0.383 e. The van der Waals surface area contributed by atoms with Gasteiger partial charge in [-0.05, 0) is 0 Å². The molecule has 0 spiro atoms. The Balaban J connectivity index is 2.88. The lowest BCUT2D eigenvalue weighted by Crippen LogP contribution is -2.11. The van der Waals surface area contributed by atoms with Crippen LogP contribution in [0, 0.1) is 0 Å². The molecular weight excluding hydrogens is 222 g/mol. The van der Waals surface area contributed by atoms with Gasteiger partial charge in [0, 0.05) is 12.3 Å². The quantitative estimate of drug-likeness (QED) is 0.607. The van der Waals surface area contributed by atoms with Crippen LogP contribution in [0.3, 0.4) is 0 Å². The first-order valence-electron chi connectivity index (χ1n) is 3.83. The number of nitrogens with two attached hydrogens (primary N) is 1. The Kier molecular flexibility index (Phi) is 1.80. The van der Waals surface area contributed by atoms with Crippen LogP contribution < -0.4 is 11.3 Å². The Hall–Kier alpha value is -1.90. The van der Waals surface area contributed by atoms with Gasteiger partial charge in [-0.3, -0.25) is 9.78 Å². The summed E-state index contributed by atoms with van der Waals surface area (Å²) < 4.78 is 23.3. The van der Waals surface area contributed by atoms with Gasteiger partial charge in [-0.25, -0.2) is 8.42 Å². The zero-order valence-corrected chi connectivity index (χ0v) is 8.45. The lowest BCUT2D eigenvalue weighted by Gasteiger charge is -1.93. The van der Waals surface area contributed by atoms with Crippen LogP contribution in [0.25, 0.3) is 5.78 Å². The molecule has 0 aliphatic rings. The average molecular weight is 229 g/mol. The highest BCUT2D eigenvalue weighted by Gasteiger charge is 2.15. The molecule has 2 aromatic heterocycles. The first kappa shape index (κ1) is 9.65. The molecule has 0 saturated heterocycles. The summed E-state index contributed by atoms with van der Waals surface area (Å²) >= 11 is 0. The summed E-state index contributed by atoms with van der Waals surface area (Å²) in [5.74, 6) is 0.0246. The molecule has 0 atom stereocenters. The van der Waals surface area contributed by atoms with E-state index in [2.05, 4.69) is 15.1 Å². The maximum atomic E-state index is 11.1. The lowest BCUT2D eigenvalue weighted by molar-refractivity contribution is 0.593. The van der Waals surface area contributed by atoms with Crippen LogP contribution in [0.15, 0.2) is 16.0 Å². The molecule has 8 nitrogen and oxygen atoms in total. The predicted molar refractivity (Wildman–Crippen MR) is 51.1 cm³/mol. The second kappa shape index (κ2) is 2.79. The molecule has 0 radical (unpaired) electrons. The Labute approximate surface area is 83.7 Å². The summed E-state index contributed by atoms with van der Waals surface area (Å²) in [5, 5.41) is 3.27. The largest absolute Gasteiger partial charge is 0.383 e. The van der Waals surface area contributed by atoms with Crippen LogP contribution in [0.4, 0.5) is 5.82 Å². The molecule has 0 fully saturated rings. The van der Waals surface area contributed by atoms with Crippen LogP contribution in [0.2, 0.25) is 0 Å². The van der Waals surface area contributed by atoms with Crippen molar-refractivity contribution < 1.29 is 8.42 Å². The third kappa shape index (κ3) is 1.56. The minimum atomic E-state index is -3.51. The number of nitrogens with one attached hydrogen (secondary N) is 1. The van der Waals surface area contributed by atoms with E-state index in [0.29, 0.717) is 0 Å². The maximum Gasteiger partial charge on any atom is 0.268 e. The summed E-state index contributed by atoms with van der Waals surface area (Å²) in [5.41, 5.74) is 4.99. The van der Waals surface area contributed by atoms with Crippen molar-refractivity contribution in [1.82, 2.24) is 19.6 Å². The van der Waals surface area contributed by atoms with Gasteiger partial charge < -0.3 is 5.73 Å². The molecule has 0 aliphatic heterocycles. The monoisotopic (exact) mass is 229 g/mol. The first-order chi connectivity index (χ1) is 6.88. The number of aromatic nitrogens is 4. The van der Waals surface area contributed by atoms with Crippen molar-refractivity contribution in [1.29, 1.82) is 0 Å². The fraction of sp³-hybridized carbons (Fsp3) is 0.167. The molecule has 9 heteroatoms. The highest BCUT2D eigenvalue weighted by molar-refractivity contribution is 7.90. The molecule has 2 rings (SSSR count). The van der Waals surface area contributed by atoms with Crippen molar-refractivity contribution in [3.05, 3.63) is 16.4 Å². The van der Waals surface area contributed by atoms with Gasteiger partial charge in [0.2, 0.25) is 15.6 Å². The van der Waals surface area contributed by atoms with E-state index in [1.165, 1.54) is 0 Å². The van der Waals surface area contributed by atoms with Gasteiger partial charge in [0.05, 0.1) is 0 Å². The minimum absolute atomic E-state index is 0.000394. The number of fused-ring (bicyclic) bond motifs is 1. The predicted octanol–water partition coefficient (Wildman–Crippen LogP) is -1.60. The van der Waals surface area contributed by atoms with Crippen molar-refractivity contribution in [2.45, 2.75) is 5.16 Å². The highest BCUT2D eigenvalue weighted by Crippen LogP contribution is 2.05. The first-order valence-corrected chi connectivity index (χ1v) is 5.73. The standard InChI is InChI=1S/C6H7N5O3S/c1-15(13,14)6-9-5-8-4(12)2-3(7)11(5)10-6/h2H,7H2,1H3,(H,8,9,10,12). The van der Waals surface area contributed by atoms with E-state index in [9.17, 15) is 13.2 Å². The van der Waals surface area contributed by atoms with E-state index in [1.54, 1.807) is 0 Å². The number of nitrogen functional groups attached to an aromatic ring is 1. The number of sulfone groups is 1. The van der Waals surface area contributed by atoms with Crippen molar-refractivity contribution in [2.75, 3.05) is 12.0 Å². The molecule has 2 heterocycles. The second-order valence-corrected chi connectivity index (χ2v) is 4.87. The van der Waals surface area contributed by atoms with Crippen molar-refractivity contribution in [3.8, 4) is 0 Å². The normalized spacial score (nSPS) is 12.1. The number of aromatic amines is 1. The van der Waals surface area contributed by atoms with Crippen molar-refractivity contribution in [3.63, 3.8) is 0 Å². The molecule has 0 amide bonds. The molecule has 3 N–H and O–H groups in total. The Morgan fingerprint density at radius 2 is 2.20 bits per heavy atom. The van der Waals surface area contributed by atoms with Gasteiger partial charge in [-0.2, -0.15) is 9.50 Å². The Morgan fingerprint density at radius 1 is 1.53 bits per heavy atom. The molecule has 2 aromatic rings. The number of anilines is 1. The lowest BCUT2D eigenvalue weighted by atomic mass is 10.6. The average Bonchev–Trinajstić information content (AvgIpc) is 2.46. The van der Waals surface area contributed by atoms with E-state index in [1.807, 2.05) is 0 Å². The zero-order valence-electron chi connectivity index (χ0n) is 7.63. The number of nitrogens with zero attached hydrogens (tertiary/aromatic N) is 3. The zero-order chi connectivity index (χ0) is 11.2. The summed E-state index contributed by atoms with van der Waals surface area (Å²) in [6, 6.07) is 1.09. The van der Waals surface area contributed by atoms with E-state index >= 15 is 0 Å².